The van der Waals surface area contributed by atoms with E-state index < -0.39 is 5.54 Å². The van der Waals surface area contributed by atoms with Gasteiger partial charge in [0.15, 0.2) is 0 Å². The summed E-state index contributed by atoms with van der Waals surface area (Å²) in [6.45, 7) is 7.34. The molecule has 0 unspecified atom stereocenters. The number of benzene rings is 1. The number of rotatable bonds is 3. The van der Waals surface area contributed by atoms with Gasteiger partial charge in [-0.15, -0.1) is 0 Å². The van der Waals surface area contributed by atoms with Crippen LogP contribution in [-0.4, -0.2) is 70.3 Å². The molecule has 0 radical (unpaired) electrons. The summed E-state index contributed by atoms with van der Waals surface area (Å²) in [6, 6.07) is 8.24. The molecule has 4 rings (SSSR count). The average molecular weight is 399 g/mol. The van der Waals surface area contributed by atoms with Crippen LogP contribution in [0.25, 0.3) is 0 Å². The van der Waals surface area contributed by atoms with Crippen LogP contribution in [0.5, 0.6) is 0 Å². The highest BCUT2D eigenvalue weighted by Crippen LogP contribution is 2.32. The third-order valence-corrected chi connectivity index (χ3v) is 6.67. The number of urea groups is 1. The van der Waals surface area contributed by atoms with E-state index in [1.54, 1.807) is 11.8 Å². The Morgan fingerprint density at radius 1 is 1.14 bits per heavy atom. The van der Waals surface area contributed by atoms with Crippen LogP contribution >= 0.6 is 0 Å². The van der Waals surface area contributed by atoms with E-state index in [0.717, 1.165) is 32.5 Å². The molecule has 7 nitrogen and oxygen atoms in total. The van der Waals surface area contributed by atoms with E-state index in [1.165, 1.54) is 16.0 Å². The Kier molecular flexibility index (Phi) is 5.34. The molecule has 3 fully saturated rings. The third-order valence-electron chi connectivity index (χ3n) is 6.67. The minimum Gasteiger partial charge on any atom is -0.343 e. The zero-order valence-corrected chi connectivity index (χ0v) is 17.3. The van der Waals surface area contributed by atoms with Gasteiger partial charge in [-0.2, -0.15) is 0 Å². The van der Waals surface area contributed by atoms with Gasteiger partial charge in [0.25, 0.3) is 5.91 Å². The molecule has 7 heteroatoms. The molecule has 156 valence electrons. The maximum absolute atomic E-state index is 13.2. The van der Waals surface area contributed by atoms with Crippen LogP contribution < -0.4 is 5.32 Å². The van der Waals surface area contributed by atoms with E-state index in [0.29, 0.717) is 25.9 Å². The maximum atomic E-state index is 13.2. The second kappa shape index (κ2) is 7.78. The zero-order valence-electron chi connectivity index (χ0n) is 17.3. The van der Waals surface area contributed by atoms with Gasteiger partial charge >= 0.3 is 6.03 Å². The van der Waals surface area contributed by atoms with Crippen molar-refractivity contribution in [2.45, 2.75) is 57.7 Å². The van der Waals surface area contributed by atoms with Gasteiger partial charge in [-0.25, -0.2) is 4.79 Å². The Bertz CT molecular complexity index is 808. The Balaban J connectivity index is 1.36. The number of likely N-dealkylation sites (tertiary alicyclic amines) is 2. The minimum absolute atomic E-state index is 0.0226. The molecule has 4 amide bonds. The Hall–Kier alpha value is -2.41. The van der Waals surface area contributed by atoms with E-state index in [1.807, 2.05) is 0 Å². The Labute approximate surface area is 172 Å². The Morgan fingerprint density at radius 2 is 1.83 bits per heavy atom. The first-order valence-electron chi connectivity index (χ1n) is 10.6. The topological polar surface area (TPSA) is 73.0 Å². The highest BCUT2D eigenvalue weighted by Gasteiger charge is 2.54. The minimum atomic E-state index is -0.818. The van der Waals surface area contributed by atoms with Crippen molar-refractivity contribution in [2.75, 3.05) is 26.2 Å². The summed E-state index contributed by atoms with van der Waals surface area (Å²) in [4.78, 5) is 43.1. The number of aryl methyl sites for hydroxylation is 1. The molecule has 1 N–H and O–H groups in total. The second-order valence-electron chi connectivity index (χ2n) is 8.69. The van der Waals surface area contributed by atoms with Gasteiger partial charge < -0.3 is 10.2 Å². The number of piperidine rings is 2. The molecule has 0 atom stereocenters. The molecule has 3 saturated heterocycles. The SMILES string of the molecule is CC(=O)N1CCC2(CC1)NC(=O)N(C1CCN(Cc3cccc(C)c3)CC1)C2=O. The van der Waals surface area contributed by atoms with E-state index in [9.17, 15) is 14.4 Å². The number of hydrogen-bond acceptors (Lipinski definition) is 4. The standard InChI is InChI=1S/C22H30N4O3/c1-16-4-3-5-18(14-16)15-24-10-6-19(7-11-24)26-20(28)22(23-21(26)29)8-12-25(13-9-22)17(2)27/h3-5,14,19H,6-13,15H2,1-2H3,(H,23,29). The fraction of sp³-hybridized carbons (Fsp3) is 0.591. The monoisotopic (exact) mass is 398 g/mol. The van der Waals surface area contributed by atoms with Gasteiger partial charge in [0.05, 0.1) is 0 Å². The molecule has 0 aromatic heterocycles. The molecule has 1 aromatic carbocycles. The van der Waals surface area contributed by atoms with E-state index in [2.05, 4.69) is 41.4 Å². The van der Waals surface area contributed by atoms with Crippen LogP contribution in [0, 0.1) is 6.92 Å². The number of amides is 4. The maximum Gasteiger partial charge on any atom is 0.325 e. The molecule has 3 heterocycles. The predicted octanol–water partition coefficient (Wildman–Crippen LogP) is 1.89. The highest BCUT2D eigenvalue weighted by molar-refractivity contribution is 6.07. The van der Waals surface area contributed by atoms with Crippen molar-refractivity contribution >= 4 is 17.8 Å². The lowest BCUT2D eigenvalue weighted by Gasteiger charge is -2.38. The van der Waals surface area contributed by atoms with Crippen LogP contribution in [0.15, 0.2) is 24.3 Å². The summed E-state index contributed by atoms with van der Waals surface area (Å²) in [5.74, 6) is -0.0719. The van der Waals surface area contributed by atoms with Gasteiger partial charge in [0, 0.05) is 45.7 Å². The summed E-state index contributed by atoms with van der Waals surface area (Å²) in [5, 5.41) is 2.97. The molecule has 3 aliphatic rings. The quantitative estimate of drug-likeness (QED) is 0.790. The van der Waals surface area contributed by atoms with Crippen LogP contribution in [0.4, 0.5) is 4.79 Å². The molecule has 0 aliphatic carbocycles. The van der Waals surface area contributed by atoms with E-state index >= 15 is 0 Å². The summed E-state index contributed by atoms with van der Waals surface area (Å²) in [7, 11) is 0. The molecule has 1 aromatic rings. The fourth-order valence-corrected chi connectivity index (χ4v) is 4.92. The lowest BCUT2D eigenvalue weighted by Crippen LogP contribution is -2.56. The van der Waals surface area contributed by atoms with Crippen LogP contribution in [0.3, 0.4) is 0 Å². The van der Waals surface area contributed by atoms with Crippen molar-refractivity contribution in [1.29, 1.82) is 0 Å². The molecular weight excluding hydrogens is 368 g/mol. The first-order valence-corrected chi connectivity index (χ1v) is 10.6. The van der Waals surface area contributed by atoms with Gasteiger partial charge in [-0.05, 0) is 38.2 Å². The first kappa shape index (κ1) is 19.9. The Morgan fingerprint density at radius 3 is 2.45 bits per heavy atom. The van der Waals surface area contributed by atoms with Gasteiger partial charge in [0.2, 0.25) is 5.91 Å². The van der Waals surface area contributed by atoms with Crippen molar-refractivity contribution in [2.24, 2.45) is 0 Å². The smallest absolute Gasteiger partial charge is 0.325 e. The molecule has 0 saturated carbocycles. The van der Waals surface area contributed by atoms with E-state index in [4.69, 9.17) is 0 Å². The average Bonchev–Trinajstić information content (AvgIpc) is 2.92. The summed E-state index contributed by atoms with van der Waals surface area (Å²) in [5.41, 5.74) is 1.74. The first-order chi connectivity index (χ1) is 13.9. The number of imide groups is 1. The number of nitrogens with one attached hydrogen (secondary N) is 1. The third kappa shape index (κ3) is 3.88. The lowest BCUT2D eigenvalue weighted by molar-refractivity contribution is -0.138. The highest BCUT2D eigenvalue weighted by atomic mass is 16.2. The van der Waals surface area contributed by atoms with E-state index in [-0.39, 0.29) is 23.9 Å². The summed E-state index contributed by atoms with van der Waals surface area (Å²) >= 11 is 0. The zero-order chi connectivity index (χ0) is 20.6. The predicted molar refractivity (Wildman–Crippen MR) is 109 cm³/mol. The molecule has 3 aliphatic heterocycles. The second-order valence-corrected chi connectivity index (χ2v) is 8.69. The van der Waals surface area contributed by atoms with Crippen molar-refractivity contribution in [3.8, 4) is 0 Å². The normalized spacial score (nSPS) is 23.0. The van der Waals surface area contributed by atoms with Crippen molar-refractivity contribution in [3.05, 3.63) is 35.4 Å². The molecular formula is C22H30N4O3. The van der Waals surface area contributed by atoms with Gasteiger partial charge in [-0.3, -0.25) is 19.4 Å². The fourth-order valence-electron chi connectivity index (χ4n) is 4.92. The molecule has 0 bridgehead atoms. The summed E-state index contributed by atoms with van der Waals surface area (Å²) in [6.07, 6.45) is 2.61. The van der Waals surface area contributed by atoms with Gasteiger partial charge in [-0.1, -0.05) is 29.8 Å². The number of carbonyl (C=O) groups is 3. The van der Waals surface area contributed by atoms with Crippen molar-refractivity contribution in [3.63, 3.8) is 0 Å². The number of carbonyl (C=O) groups excluding carboxylic acids is 3. The molecule has 29 heavy (non-hydrogen) atoms. The van der Waals surface area contributed by atoms with Crippen molar-refractivity contribution < 1.29 is 14.4 Å². The van der Waals surface area contributed by atoms with Crippen LogP contribution in [0.1, 0.15) is 43.7 Å². The van der Waals surface area contributed by atoms with Crippen LogP contribution in [0.2, 0.25) is 0 Å². The summed E-state index contributed by atoms with van der Waals surface area (Å²) < 4.78 is 0. The largest absolute Gasteiger partial charge is 0.343 e. The van der Waals surface area contributed by atoms with Crippen molar-refractivity contribution in [1.82, 2.24) is 20.0 Å². The molecule has 1 spiro atoms. The number of nitrogens with zero attached hydrogens (tertiary/aromatic N) is 3. The van der Waals surface area contributed by atoms with Crippen LogP contribution in [-0.2, 0) is 16.1 Å². The number of hydrogen-bond donors (Lipinski definition) is 1. The lowest BCUT2D eigenvalue weighted by atomic mass is 9.87. The van der Waals surface area contributed by atoms with Gasteiger partial charge in [0.1, 0.15) is 5.54 Å².